The Kier molecular flexibility index (Phi) is 6.25. The van der Waals surface area contributed by atoms with Crippen molar-refractivity contribution in [1.29, 1.82) is 0 Å². The Labute approximate surface area is 106 Å². The van der Waals surface area contributed by atoms with Crippen molar-refractivity contribution >= 4 is 5.78 Å². The molecule has 1 unspecified atom stereocenters. The maximum Gasteiger partial charge on any atom is 0.155 e. The van der Waals surface area contributed by atoms with Crippen LogP contribution in [0.4, 0.5) is 0 Å². The average Bonchev–Trinajstić information content (AvgIpc) is 2.26. The molecule has 0 N–H and O–H groups in total. The summed E-state index contributed by atoms with van der Waals surface area (Å²) in [6.07, 6.45) is 12.0. The van der Waals surface area contributed by atoms with Gasteiger partial charge in [0.05, 0.1) is 0 Å². The quantitative estimate of drug-likeness (QED) is 0.602. The number of allylic oxidation sites excluding steroid dienone is 4. The fourth-order valence-corrected chi connectivity index (χ4v) is 2.29. The van der Waals surface area contributed by atoms with Crippen LogP contribution in [0.15, 0.2) is 23.3 Å². The lowest BCUT2D eigenvalue weighted by Gasteiger charge is -2.15. The van der Waals surface area contributed by atoms with E-state index in [1.54, 1.807) is 0 Å². The number of ketones is 1. The van der Waals surface area contributed by atoms with E-state index in [4.69, 9.17) is 0 Å². The molecular formula is C16H26O. The Morgan fingerprint density at radius 2 is 2.12 bits per heavy atom. The van der Waals surface area contributed by atoms with Crippen molar-refractivity contribution in [2.45, 2.75) is 65.7 Å². The van der Waals surface area contributed by atoms with Gasteiger partial charge in [0, 0.05) is 6.42 Å². The van der Waals surface area contributed by atoms with Crippen LogP contribution >= 0.6 is 0 Å². The van der Waals surface area contributed by atoms with Crippen LogP contribution in [-0.4, -0.2) is 5.78 Å². The summed E-state index contributed by atoms with van der Waals surface area (Å²) >= 11 is 0. The Balaban J connectivity index is 2.21. The van der Waals surface area contributed by atoms with Gasteiger partial charge in [0.2, 0.25) is 0 Å². The zero-order valence-corrected chi connectivity index (χ0v) is 11.6. The van der Waals surface area contributed by atoms with Crippen LogP contribution < -0.4 is 0 Å². The van der Waals surface area contributed by atoms with Gasteiger partial charge in [0.15, 0.2) is 5.78 Å². The van der Waals surface area contributed by atoms with E-state index in [-0.39, 0.29) is 0 Å². The van der Waals surface area contributed by atoms with E-state index in [0.717, 1.165) is 31.6 Å². The number of hydrogen-bond acceptors (Lipinski definition) is 1. The number of rotatable bonds is 6. The number of hydrogen-bond donors (Lipinski definition) is 0. The van der Waals surface area contributed by atoms with Crippen LogP contribution in [0.1, 0.15) is 65.7 Å². The van der Waals surface area contributed by atoms with E-state index >= 15 is 0 Å². The van der Waals surface area contributed by atoms with Crippen molar-refractivity contribution in [2.75, 3.05) is 0 Å². The number of carbonyl (C=O) groups is 1. The van der Waals surface area contributed by atoms with Crippen LogP contribution in [0.5, 0.6) is 0 Å². The van der Waals surface area contributed by atoms with Crippen LogP contribution in [0.3, 0.4) is 0 Å². The zero-order chi connectivity index (χ0) is 12.7. The molecule has 0 saturated heterocycles. The summed E-state index contributed by atoms with van der Waals surface area (Å²) in [5.74, 6) is 1.10. The molecule has 0 aliphatic heterocycles. The minimum atomic E-state index is 0.337. The van der Waals surface area contributed by atoms with E-state index in [9.17, 15) is 4.79 Å². The molecule has 1 rings (SSSR count). The van der Waals surface area contributed by atoms with E-state index in [0.29, 0.717) is 5.78 Å². The molecule has 1 heteroatoms. The second kappa shape index (κ2) is 7.47. The summed E-state index contributed by atoms with van der Waals surface area (Å²) in [5, 5.41) is 0. The van der Waals surface area contributed by atoms with E-state index < -0.39 is 0 Å². The highest BCUT2D eigenvalue weighted by molar-refractivity contribution is 5.91. The monoisotopic (exact) mass is 234 g/mol. The molecule has 1 atom stereocenters. The van der Waals surface area contributed by atoms with Crippen LogP contribution in [-0.2, 0) is 4.79 Å². The molecule has 96 valence electrons. The maximum atomic E-state index is 11.3. The third-order valence-corrected chi connectivity index (χ3v) is 3.46. The summed E-state index contributed by atoms with van der Waals surface area (Å²) in [6, 6.07) is 0. The first-order valence-electron chi connectivity index (χ1n) is 6.93. The fraction of sp³-hybridized carbons (Fsp3) is 0.688. The SMILES string of the molecule is CC(C)=CCCC(C)CCC1=CC(=O)CCC1. The summed E-state index contributed by atoms with van der Waals surface area (Å²) in [6.45, 7) is 6.64. The first kappa shape index (κ1) is 14.2. The lowest BCUT2D eigenvalue weighted by molar-refractivity contribution is -0.115. The molecule has 0 aromatic heterocycles. The van der Waals surface area contributed by atoms with Crippen molar-refractivity contribution in [3.63, 3.8) is 0 Å². The molecule has 0 heterocycles. The zero-order valence-electron chi connectivity index (χ0n) is 11.6. The topological polar surface area (TPSA) is 17.1 Å². The Morgan fingerprint density at radius 3 is 2.76 bits per heavy atom. The molecule has 1 aliphatic rings. The minimum absolute atomic E-state index is 0.337. The smallest absolute Gasteiger partial charge is 0.155 e. The summed E-state index contributed by atoms with van der Waals surface area (Å²) in [7, 11) is 0. The normalized spacial score (nSPS) is 17.6. The van der Waals surface area contributed by atoms with Crippen LogP contribution in [0, 0.1) is 5.92 Å². The fourth-order valence-electron chi connectivity index (χ4n) is 2.29. The number of carbonyl (C=O) groups excluding carboxylic acids is 1. The average molecular weight is 234 g/mol. The minimum Gasteiger partial charge on any atom is -0.295 e. The molecule has 1 aliphatic carbocycles. The molecule has 0 aromatic carbocycles. The van der Waals surface area contributed by atoms with E-state index in [1.807, 2.05) is 6.08 Å². The van der Waals surface area contributed by atoms with Gasteiger partial charge in [-0.05, 0) is 64.4 Å². The van der Waals surface area contributed by atoms with E-state index in [2.05, 4.69) is 26.8 Å². The van der Waals surface area contributed by atoms with Crippen molar-refractivity contribution in [3.8, 4) is 0 Å². The molecule has 0 spiro atoms. The largest absolute Gasteiger partial charge is 0.295 e. The van der Waals surface area contributed by atoms with Gasteiger partial charge in [0.25, 0.3) is 0 Å². The van der Waals surface area contributed by atoms with Gasteiger partial charge in [-0.15, -0.1) is 0 Å². The molecule has 0 fully saturated rings. The summed E-state index contributed by atoms with van der Waals surface area (Å²) in [5.41, 5.74) is 2.80. The highest BCUT2D eigenvalue weighted by Gasteiger charge is 2.10. The lowest BCUT2D eigenvalue weighted by Crippen LogP contribution is -2.04. The van der Waals surface area contributed by atoms with Crippen molar-refractivity contribution in [2.24, 2.45) is 5.92 Å². The highest BCUT2D eigenvalue weighted by Crippen LogP contribution is 2.23. The summed E-state index contributed by atoms with van der Waals surface area (Å²) in [4.78, 5) is 11.3. The standard InChI is InChI=1S/C16H26O/c1-13(2)6-4-7-14(3)10-11-15-8-5-9-16(17)12-15/h6,12,14H,4-5,7-11H2,1-3H3. The molecule has 0 aromatic rings. The van der Waals surface area contributed by atoms with Gasteiger partial charge in [0.1, 0.15) is 0 Å². The van der Waals surface area contributed by atoms with E-state index in [1.165, 1.54) is 30.4 Å². The Morgan fingerprint density at radius 1 is 1.35 bits per heavy atom. The van der Waals surface area contributed by atoms with Crippen LogP contribution in [0.25, 0.3) is 0 Å². The predicted molar refractivity (Wildman–Crippen MR) is 74.0 cm³/mol. The molecule has 0 radical (unpaired) electrons. The third-order valence-electron chi connectivity index (χ3n) is 3.46. The lowest BCUT2D eigenvalue weighted by atomic mass is 9.91. The molecule has 0 saturated carbocycles. The molecule has 17 heavy (non-hydrogen) atoms. The van der Waals surface area contributed by atoms with Crippen molar-refractivity contribution < 1.29 is 4.79 Å². The van der Waals surface area contributed by atoms with Gasteiger partial charge in [-0.2, -0.15) is 0 Å². The molecular weight excluding hydrogens is 208 g/mol. The molecule has 0 amide bonds. The first-order valence-corrected chi connectivity index (χ1v) is 6.93. The highest BCUT2D eigenvalue weighted by atomic mass is 16.1. The Bertz CT molecular complexity index is 305. The first-order chi connectivity index (χ1) is 8.08. The summed E-state index contributed by atoms with van der Waals surface area (Å²) < 4.78 is 0. The van der Waals surface area contributed by atoms with Crippen molar-refractivity contribution in [3.05, 3.63) is 23.3 Å². The van der Waals surface area contributed by atoms with Gasteiger partial charge >= 0.3 is 0 Å². The Hall–Kier alpha value is -0.850. The maximum absolute atomic E-state index is 11.3. The molecule has 1 nitrogen and oxygen atoms in total. The third kappa shape index (κ3) is 6.45. The molecule has 0 bridgehead atoms. The van der Waals surface area contributed by atoms with Gasteiger partial charge in [-0.25, -0.2) is 0 Å². The van der Waals surface area contributed by atoms with Gasteiger partial charge < -0.3 is 0 Å². The van der Waals surface area contributed by atoms with Gasteiger partial charge in [-0.3, -0.25) is 4.79 Å². The van der Waals surface area contributed by atoms with Crippen molar-refractivity contribution in [1.82, 2.24) is 0 Å². The predicted octanol–water partition coefficient (Wildman–Crippen LogP) is 4.83. The second-order valence-electron chi connectivity index (χ2n) is 5.63. The van der Waals surface area contributed by atoms with Crippen LogP contribution in [0.2, 0.25) is 0 Å². The second-order valence-corrected chi connectivity index (χ2v) is 5.63. The van der Waals surface area contributed by atoms with Gasteiger partial charge in [-0.1, -0.05) is 24.1 Å².